The van der Waals surface area contributed by atoms with Crippen molar-refractivity contribution in [1.82, 2.24) is 4.98 Å². The second kappa shape index (κ2) is 5.50. The molecule has 1 aromatic heterocycles. The number of nitrogens with zero attached hydrogens (tertiary/aromatic N) is 1. The van der Waals surface area contributed by atoms with Crippen LogP contribution in [0, 0.1) is 0 Å². The van der Waals surface area contributed by atoms with Gasteiger partial charge in [0.25, 0.3) is 0 Å². The molecule has 0 aliphatic rings. The van der Waals surface area contributed by atoms with Crippen LogP contribution in [0.25, 0.3) is 10.8 Å². The lowest BCUT2D eigenvalue weighted by atomic mass is 10.1. The van der Waals surface area contributed by atoms with Crippen LogP contribution in [0.1, 0.15) is 0 Å². The fourth-order valence-corrected chi connectivity index (χ4v) is 2.40. The molecular formula is C16H14ClN3O. The van der Waals surface area contributed by atoms with Crippen LogP contribution in [0.4, 0.5) is 17.1 Å². The van der Waals surface area contributed by atoms with Crippen molar-refractivity contribution in [1.29, 1.82) is 0 Å². The van der Waals surface area contributed by atoms with Crippen molar-refractivity contribution in [3.8, 4) is 5.75 Å². The Kier molecular flexibility index (Phi) is 3.54. The van der Waals surface area contributed by atoms with Gasteiger partial charge in [-0.3, -0.25) is 4.98 Å². The summed E-state index contributed by atoms with van der Waals surface area (Å²) in [7, 11) is 1.61. The average Bonchev–Trinajstić information content (AvgIpc) is 2.51. The summed E-state index contributed by atoms with van der Waals surface area (Å²) in [5.41, 5.74) is 8.47. The van der Waals surface area contributed by atoms with E-state index in [1.165, 1.54) is 0 Å². The highest BCUT2D eigenvalue weighted by molar-refractivity contribution is 6.31. The molecule has 0 aliphatic carbocycles. The summed E-state index contributed by atoms with van der Waals surface area (Å²) in [5, 5.41) is 5.85. The van der Waals surface area contributed by atoms with Crippen molar-refractivity contribution in [3.63, 3.8) is 0 Å². The number of nitrogens with one attached hydrogen (secondary N) is 1. The Labute approximate surface area is 127 Å². The van der Waals surface area contributed by atoms with Gasteiger partial charge in [0.2, 0.25) is 0 Å². The van der Waals surface area contributed by atoms with Crippen LogP contribution in [0.5, 0.6) is 5.75 Å². The minimum atomic E-state index is 0.627. The zero-order chi connectivity index (χ0) is 14.8. The molecule has 5 heteroatoms. The molecule has 0 atom stereocenters. The van der Waals surface area contributed by atoms with E-state index >= 15 is 0 Å². The van der Waals surface area contributed by atoms with Gasteiger partial charge >= 0.3 is 0 Å². The SMILES string of the molecule is COc1ccc(Cl)cc1Nc1ccc2cnccc2c1N. The van der Waals surface area contributed by atoms with Gasteiger partial charge in [0.15, 0.2) is 0 Å². The zero-order valence-corrected chi connectivity index (χ0v) is 12.2. The predicted molar refractivity (Wildman–Crippen MR) is 87.4 cm³/mol. The molecular weight excluding hydrogens is 286 g/mol. The van der Waals surface area contributed by atoms with E-state index in [1.807, 2.05) is 24.3 Å². The molecule has 21 heavy (non-hydrogen) atoms. The van der Waals surface area contributed by atoms with E-state index in [-0.39, 0.29) is 0 Å². The summed E-state index contributed by atoms with van der Waals surface area (Å²) >= 11 is 6.04. The molecule has 1 heterocycles. The Morgan fingerprint density at radius 1 is 1.14 bits per heavy atom. The Morgan fingerprint density at radius 2 is 2.00 bits per heavy atom. The lowest BCUT2D eigenvalue weighted by Gasteiger charge is -2.14. The Bertz CT molecular complexity index is 805. The van der Waals surface area contributed by atoms with Gasteiger partial charge in [0.1, 0.15) is 5.75 Å². The molecule has 3 rings (SSSR count). The molecule has 0 aliphatic heterocycles. The van der Waals surface area contributed by atoms with E-state index in [1.54, 1.807) is 31.6 Å². The molecule has 4 nitrogen and oxygen atoms in total. The molecule has 3 aromatic rings. The second-order valence-corrected chi connectivity index (χ2v) is 5.03. The average molecular weight is 300 g/mol. The molecule has 0 radical (unpaired) electrons. The number of rotatable bonds is 3. The number of ether oxygens (including phenoxy) is 1. The Morgan fingerprint density at radius 3 is 2.81 bits per heavy atom. The predicted octanol–water partition coefficient (Wildman–Crippen LogP) is 4.22. The van der Waals surface area contributed by atoms with Gasteiger partial charge in [-0.1, -0.05) is 17.7 Å². The zero-order valence-electron chi connectivity index (χ0n) is 11.4. The normalized spacial score (nSPS) is 10.6. The van der Waals surface area contributed by atoms with Crippen molar-refractivity contribution < 1.29 is 4.74 Å². The third-order valence-electron chi connectivity index (χ3n) is 3.29. The highest BCUT2D eigenvalue weighted by atomic mass is 35.5. The standard InChI is InChI=1S/C16H14ClN3O/c1-21-15-5-3-11(17)8-14(15)20-13-4-2-10-9-19-7-6-12(10)16(13)18/h2-9,20H,18H2,1H3. The van der Waals surface area contributed by atoms with E-state index in [0.29, 0.717) is 16.5 Å². The van der Waals surface area contributed by atoms with Gasteiger partial charge in [-0.05, 0) is 30.3 Å². The highest BCUT2D eigenvalue weighted by Gasteiger charge is 2.08. The lowest BCUT2D eigenvalue weighted by Crippen LogP contribution is -1.99. The fraction of sp³-hybridized carbons (Fsp3) is 0.0625. The molecule has 0 bridgehead atoms. The van der Waals surface area contributed by atoms with E-state index in [9.17, 15) is 0 Å². The fourth-order valence-electron chi connectivity index (χ4n) is 2.22. The van der Waals surface area contributed by atoms with Crippen molar-refractivity contribution in [2.75, 3.05) is 18.2 Å². The van der Waals surface area contributed by atoms with Crippen LogP contribution in [0.15, 0.2) is 48.8 Å². The number of methoxy groups -OCH3 is 1. The first-order valence-corrected chi connectivity index (χ1v) is 6.79. The van der Waals surface area contributed by atoms with Crippen LogP contribution in [-0.4, -0.2) is 12.1 Å². The number of hydrogen-bond acceptors (Lipinski definition) is 4. The number of halogens is 1. The molecule has 2 aromatic carbocycles. The molecule has 0 unspecified atom stereocenters. The van der Waals surface area contributed by atoms with Gasteiger partial charge in [0, 0.05) is 28.2 Å². The summed E-state index contributed by atoms with van der Waals surface area (Å²) in [5.74, 6) is 0.702. The number of nitrogen functional groups attached to an aromatic ring is 1. The number of anilines is 3. The molecule has 106 valence electrons. The summed E-state index contributed by atoms with van der Waals surface area (Å²) in [4.78, 5) is 4.09. The molecule has 0 saturated carbocycles. The van der Waals surface area contributed by atoms with E-state index in [4.69, 9.17) is 22.1 Å². The van der Waals surface area contributed by atoms with Gasteiger partial charge in [-0.15, -0.1) is 0 Å². The smallest absolute Gasteiger partial charge is 0.142 e. The molecule has 0 amide bonds. The number of nitrogens with two attached hydrogens (primary N) is 1. The van der Waals surface area contributed by atoms with Gasteiger partial charge in [-0.25, -0.2) is 0 Å². The molecule has 0 saturated heterocycles. The van der Waals surface area contributed by atoms with Crippen LogP contribution < -0.4 is 15.8 Å². The van der Waals surface area contributed by atoms with Gasteiger partial charge in [0.05, 0.1) is 24.2 Å². The number of fused-ring (bicyclic) bond motifs is 1. The first-order chi connectivity index (χ1) is 10.2. The maximum absolute atomic E-state index is 6.23. The first-order valence-electron chi connectivity index (χ1n) is 6.42. The Balaban J connectivity index is 2.06. The van der Waals surface area contributed by atoms with Crippen LogP contribution in [0.3, 0.4) is 0 Å². The topological polar surface area (TPSA) is 60.2 Å². The minimum absolute atomic E-state index is 0.627. The third kappa shape index (κ3) is 2.58. The first kappa shape index (κ1) is 13.5. The summed E-state index contributed by atoms with van der Waals surface area (Å²) < 4.78 is 5.33. The third-order valence-corrected chi connectivity index (χ3v) is 3.53. The van der Waals surface area contributed by atoms with E-state index < -0.39 is 0 Å². The number of pyridine rings is 1. The summed E-state index contributed by atoms with van der Waals surface area (Å²) in [6.07, 6.45) is 3.51. The number of hydrogen-bond donors (Lipinski definition) is 2. The monoisotopic (exact) mass is 299 g/mol. The number of aromatic nitrogens is 1. The molecule has 0 fully saturated rings. The maximum Gasteiger partial charge on any atom is 0.142 e. The number of benzene rings is 2. The van der Waals surface area contributed by atoms with Gasteiger partial charge in [-0.2, -0.15) is 0 Å². The van der Waals surface area contributed by atoms with E-state index in [0.717, 1.165) is 22.1 Å². The van der Waals surface area contributed by atoms with Crippen molar-refractivity contribution in [3.05, 3.63) is 53.8 Å². The highest BCUT2D eigenvalue weighted by Crippen LogP contribution is 2.35. The van der Waals surface area contributed by atoms with Gasteiger partial charge < -0.3 is 15.8 Å². The summed E-state index contributed by atoms with van der Waals surface area (Å²) in [6, 6.07) is 11.2. The largest absolute Gasteiger partial charge is 0.495 e. The molecule has 3 N–H and O–H groups in total. The van der Waals surface area contributed by atoms with Crippen LogP contribution in [-0.2, 0) is 0 Å². The quantitative estimate of drug-likeness (QED) is 0.711. The minimum Gasteiger partial charge on any atom is -0.495 e. The summed E-state index contributed by atoms with van der Waals surface area (Å²) in [6.45, 7) is 0. The van der Waals surface area contributed by atoms with Crippen LogP contribution >= 0.6 is 11.6 Å². The van der Waals surface area contributed by atoms with Crippen molar-refractivity contribution >= 4 is 39.4 Å². The van der Waals surface area contributed by atoms with Crippen LogP contribution in [0.2, 0.25) is 5.02 Å². The Hall–Kier alpha value is -2.46. The molecule has 0 spiro atoms. The second-order valence-electron chi connectivity index (χ2n) is 4.59. The maximum atomic E-state index is 6.23. The van der Waals surface area contributed by atoms with Crippen molar-refractivity contribution in [2.24, 2.45) is 0 Å². The lowest BCUT2D eigenvalue weighted by molar-refractivity contribution is 0.417. The van der Waals surface area contributed by atoms with E-state index in [2.05, 4.69) is 10.3 Å². The van der Waals surface area contributed by atoms with Crippen molar-refractivity contribution in [2.45, 2.75) is 0 Å².